The lowest BCUT2D eigenvalue weighted by Gasteiger charge is -2.16. The van der Waals surface area contributed by atoms with Gasteiger partial charge in [0.2, 0.25) is 0 Å². The predicted octanol–water partition coefficient (Wildman–Crippen LogP) is 3.55. The maximum absolute atomic E-state index is 9.41. The Bertz CT molecular complexity index is 522. The summed E-state index contributed by atoms with van der Waals surface area (Å²) in [6.07, 6.45) is 0. The summed E-state index contributed by atoms with van der Waals surface area (Å²) in [6.45, 7) is 5.04. The van der Waals surface area contributed by atoms with Gasteiger partial charge in [0.05, 0.1) is 0 Å². The highest BCUT2D eigenvalue weighted by Crippen LogP contribution is 2.18. The van der Waals surface area contributed by atoms with Crippen molar-refractivity contribution in [2.24, 2.45) is 0 Å². The number of phenolic OH excluding ortho intramolecular Hbond substituents is 1. The molecule has 0 heterocycles. The van der Waals surface area contributed by atoms with E-state index >= 15 is 0 Å². The van der Waals surface area contributed by atoms with Crippen molar-refractivity contribution in [1.29, 1.82) is 0 Å². The second-order valence-electron chi connectivity index (χ2n) is 4.63. The van der Waals surface area contributed by atoms with Crippen LogP contribution >= 0.6 is 0 Å². The van der Waals surface area contributed by atoms with Gasteiger partial charge in [0, 0.05) is 12.6 Å². The third-order valence-corrected chi connectivity index (χ3v) is 3.18. The van der Waals surface area contributed by atoms with Crippen LogP contribution < -0.4 is 5.32 Å². The Morgan fingerprint density at radius 1 is 1.11 bits per heavy atom. The lowest BCUT2D eigenvalue weighted by molar-refractivity contribution is 0.473. The third kappa shape index (κ3) is 3.11. The van der Waals surface area contributed by atoms with Gasteiger partial charge >= 0.3 is 0 Å². The topological polar surface area (TPSA) is 32.3 Å². The van der Waals surface area contributed by atoms with Gasteiger partial charge in [0.1, 0.15) is 5.75 Å². The van der Waals surface area contributed by atoms with Crippen LogP contribution in [0.2, 0.25) is 0 Å². The van der Waals surface area contributed by atoms with E-state index in [-0.39, 0.29) is 0 Å². The molecule has 0 aliphatic heterocycles. The van der Waals surface area contributed by atoms with E-state index in [2.05, 4.69) is 43.4 Å². The molecule has 0 aliphatic rings. The molecule has 0 bridgehead atoms. The molecular weight excluding hydrogens is 222 g/mol. The van der Waals surface area contributed by atoms with Gasteiger partial charge in [-0.05, 0) is 42.7 Å². The van der Waals surface area contributed by atoms with Crippen molar-refractivity contribution >= 4 is 0 Å². The van der Waals surface area contributed by atoms with Crippen molar-refractivity contribution in [2.75, 3.05) is 0 Å². The van der Waals surface area contributed by atoms with Crippen LogP contribution in [-0.4, -0.2) is 5.11 Å². The van der Waals surface area contributed by atoms with E-state index in [1.54, 1.807) is 12.1 Å². The Labute approximate surface area is 108 Å². The third-order valence-electron chi connectivity index (χ3n) is 3.18. The van der Waals surface area contributed by atoms with Crippen molar-refractivity contribution in [3.05, 3.63) is 65.2 Å². The molecule has 2 N–H and O–H groups in total. The van der Waals surface area contributed by atoms with E-state index in [0.717, 1.165) is 12.1 Å². The molecule has 2 heteroatoms. The average Bonchev–Trinajstić information content (AvgIpc) is 2.37. The van der Waals surface area contributed by atoms with E-state index in [0.29, 0.717) is 11.8 Å². The van der Waals surface area contributed by atoms with Crippen LogP contribution in [0.4, 0.5) is 0 Å². The van der Waals surface area contributed by atoms with Gasteiger partial charge < -0.3 is 10.4 Å². The number of hydrogen-bond acceptors (Lipinski definition) is 2. The highest BCUT2D eigenvalue weighted by molar-refractivity contribution is 5.29. The van der Waals surface area contributed by atoms with Gasteiger partial charge in [-0.1, -0.05) is 36.4 Å². The first-order chi connectivity index (χ1) is 8.66. The molecule has 0 saturated heterocycles. The molecule has 2 aromatic rings. The summed E-state index contributed by atoms with van der Waals surface area (Å²) in [4.78, 5) is 0. The molecule has 2 rings (SSSR count). The maximum Gasteiger partial charge on any atom is 0.115 e. The number of phenols is 1. The van der Waals surface area contributed by atoms with Crippen LogP contribution in [0.25, 0.3) is 0 Å². The summed E-state index contributed by atoms with van der Waals surface area (Å²) in [7, 11) is 0. The largest absolute Gasteiger partial charge is 0.508 e. The number of rotatable bonds is 4. The molecule has 94 valence electrons. The van der Waals surface area contributed by atoms with Crippen molar-refractivity contribution in [3.8, 4) is 5.75 Å². The molecule has 18 heavy (non-hydrogen) atoms. The SMILES string of the molecule is Cc1ccccc1[C@@H](C)NCc1cccc(O)c1. The molecule has 2 nitrogen and oxygen atoms in total. The molecule has 0 radical (unpaired) electrons. The monoisotopic (exact) mass is 241 g/mol. The zero-order valence-corrected chi connectivity index (χ0v) is 10.9. The number of aromatic hydroxyl groups is 1. The molecule has 0 saturated carbocycles. The number of aryl methyl sites for hydroxylation is 1. The number of benzene rings is 2. The Hall–Kier alpha value is -1.80. The Morgan fingerprint density at radius 2 is 1.89 bits per heavy atom. The molecule has 0 spiro atoms. The van der Waals surface area contributed by atoms with Gasteiger partial charge in [-0.3, -0.25) is 0 Å². The van der Waals surface area contributed by atoms with Crippen LogP contribution in [-0.2, 0) is 6.54 Å². The standard InChI is InChI=1S/C16H19NO/c1-12-6-3-4-9-16(12)13(2)17-11-14-7-5-8-15(18)10-14/h3-10,13,17-18H,11H2,1-2H3/t13-/m1/s1. The molecule has 0 aromatic heterocycles. The summed E-state index contributed by atoms with van der Waals surface area (Å²) in [5.41, 5.74) is 3.71. The van der Waals surface area contributed by atoms with Crippen LogP contribution in [0, 0.1) is 6.92 Å². The summed E-state index contributed by atoms with van der Waals surface area (Å²) >= 11 is 0. The fourth-order valence-electron chi connectivity index (χ4n) is 2.12. The molecule has 0 aliphatic carbocycles. The zero-order chi connectivity index (χ0) is 13.0. The zero-order valence-electron chi connectivity index (χ0n) is 10.9. The smallest absolute Gasteiger partial charge is 0.115 e. The molecule has 0 fully saturated rings. The van der Waals surface area contributed by atoms with E-state index < -0.39 is 0 Å². The minimum atomic E-state index is 0.300. The van der Waals surface area contributed by atoms with Crippen molar-refractivity contribution in [1.82, 2.24) is 5.32 Å². The normalized spacial score (nSPS) is 12.3. The fraction of sp³-hybridized carbons (Fsp3) is 0.250. The second kappa shape index (κ2) is 5.69. The number of nitrogens with one attached hydrogen (secondary N) is 1. The van der Waals surface area contributed by atoms with Gasteiger partial charge in [-0.25, -0.2) is 0 Å². The van der Waals surface area contributed by atoms with Crippen molar-refractivity contribution in [3.63, 3.8) is 0 Å². The first-order valence-electron chi connectivity index (χ1n) is 6.23. The number of hydrogen-bond donors (Lipinski definition) is 2. The quantitative estimate of drug-likeness (QED) is 0.858. The van der Waals surface area contributed by atoms with Crippen LogP contribution in [0.1, 0.15) is 29.7 Å². The highest BCUT2D eigenvalue weighted by Gasteiger charge is 2.06. The van der Waals surface area contributed by atoms with Crippen LogP contribution in [0.3, 0.4) is 0 Å². The lowest BCUT2D eigenvalue weighted by Crippen LogP contribution is -2.18. The summed E-state index contributed by atoms with van der Waals surface area (Å²) in [6, 6.07) is 16.1. The van der Waals surface area contributed by atoms with Crippen molar-refractivity contribution in [2.45, 2.75) is 26.4 Å². The second-order valence-corrected chi connectivity index (χ2v) is 4.63. The molecule has 2 aromatic carbocycles. The average molecular weight is 241 g/mol. The summed E-state index contributed by atoms with van der Waals surface area (Å²) < 4.78 is 0. The van der Waals surface area contributed by atoms with Crippen LogP contribution in [0.5, 0.6) is 5.75 Å². The van der Waals surface area contributed by atoms with Gasteiger partial charge in [-0.15, -0.1) is 0 Å². The minimum Gasteiger partial charge on any atom is -0.508 e. The van der Waals surface area contributed by atoms with Crippen LogP contribution in [0.15, 0.2) is 48.5 Å². The summed E-state index contributed by atoms with van der Waals surface area (Å²) in [5, 5.41) is 12.9. The van der Waals surface area contributed by atoms with Gasteiger partial charge in [0.25, 0.3) is 0 Å². The Kier molecular flexibility index (Phi) is 4.00. The van der Waals surface area contributed by atoms with E-state index in [9.17, 15) is 5.11 Å². The first-order valence-corrected chi connectivity index (χ1v) is 6.23. The lowest BCUT2D eigenvalue weighted by atomic mass is 10.0. The summed E-state index contributed by atoms with van der Waals surface area (Å²) in [5.74, 6) is 0.317. The highest BCUT2D eigenvalue weighted by atomic mass is 16.3. The van der Waals surface area contributed by atoms with E-state index in [1.165, 1.54) is 11.1 Å². The molecule has 0 unspecified atom stereocenters. The van der Waals surface area contributed by atoms with E-state index in [4.69, 9.17) is 0 Å². The van der Waals surface area contributed by atoms with Gasteiger partial charge in [-0.2, -0.15) is 0 Å². The molecule has 0 amide bonds. The predicted molar refractivity (Wildman–Crippen MR) is 74.5 cm³/mol. The van der Waals surface area contributed by atoms with E-state index in [1.807, 2.05) is 12.1 Å². The fourth-order valence-corrected chi connectivity index (χ4v) is 2.12. The maximum atomic E-state index is 9.41. The van der Waals surface area contributed by atoms with Crippen molar-refractivity contribution < 1.29 is 5.11 Å². The minimum absolute atomic E-state index is 0.300. The molecular formula is C16H19NO. The van der Waals surface area contributed by atoms with Gasteiger partial charge in [0.15, 0.2) is 0 Å². The molecule has 1 atom stereocenters. The Morgan fingerprint density at radius 3 is 2.61 bits per heavy atom. The first kappa shape index (κ1) is 12.7. The Balaban J connectivity index is 2.00.